The smallest absolute Gasteiger partial charge is 0.113 e. The molecule has 17 heavy (non-hydrogen) atoms. The first kappa shape index (κ1) is 13.3. The summed E-state index contributed by atoms with van der Waals surface area (Å²) in [6, 6.07) is 0.659. The van der Waals surface area contributed by atoms with E-state index in [0.29, 0.717) is 6.04 Å². The number of nitrogens with one attached hydrogen (secondary N) is 1. The molecule has 1 unspecified atom stereocenters. The first-order chi connectivity index (χ1) is 8.29. The van der Waals surface area contributed by atoms with Gasteiger partial charge >= 0.3 is 0 Å². The summed E-state index contributed by atoms with van der Waals surface area (Å²) in [7, 11) is 0. The molecule has 5 heteroatoms. The van der Waals surface area contributed by atoms with Gasteiger partial charge in [0.1, 0.15) is 9.34 Å². The van der Waals surface area contributed by atoms with Crippen LogP contribution in [0.2, 0.25) is 4.34 Å². The number of aromatic nitrogens is 1. The molecule has 0 amide bonds. The monoisotopic (exact) mass is 273 g/mol. The van der Waals surface area contributed by atoms with Crippen LogP contribution in [-0.2, 0) is 6.54 Å². The second kappa shape index (κ2) is 6.69. The summed E-state index contributed by atoms with van der Waals surface area (Å²) >= 11 is 7.53. The highest BCUT2D eigenvalue weighted by Gasteiger charge is 2.21. The predicted octanol–water partition coefficient (Wildman–Crippen LogP) is 2.76. The molecule has 1 aliphatic rings. The van der Waals surface area contributed by atoms with Crippen molar-refractivity contribution in [3.8, 4) is 0 Å². The van der Waals surface area contributed by atoms with Crippen molar-refractivity contribution >= 4 is 22.9 Å². The van der Waals surface area contributed by atoms with Gasteiger partial charge in [-0.1, -0.05) is 18.5 Å². The molecule has 0 aliphatic carbocycles. The Morgan fingerprint density at radius 1 is 1.65 bits per heavy atom. The molecule has 0 aromatic carbocycles. The van der Waals surface area contributed by atoms with E-state index >= 15 is 0 Å². The van der Waals surface area contributed by atoms with Crippen LogP contribution in [0, 0.1) is 0 Å². The van der Waals surface area contributed by atoms with E-state index in [9.17, 15) is 0 Å². The fourth-order valence-electron chi connectivity index (χ4n) is 2.36. The zero-order valence-corrected chi connectivity index (χ0v) is 11.9. The number of nitrogens with zero attached hydrogens (tertiary/aromatic N) is 2. The van der Waals surface area contributed by atoms with E-state index in [0.717, 1.165) is 29.0 Å². The van der Waals surface area contributed by atoms with Gasteiger partial charge in [-0.25, -0.2) is 4.98 Å². The van der Waals surface area contributed by atoms with Gasteiger partial charge in [0.05, 0.1) is 12.7 Å². The van der Waals surface area contributed by atoms with Crippen LogP contribution in [0.3, 0.4) is 0 Å². The lowest BCUT2D eigenvalue weighted by atomic mass is 10.1. The van der Waals surface area contributed by atoms with Gasteiger partial charge in [0.25, 0.3) is 0 Å². The van der Waals surface area contributed by atoms with Crippen molar-refractivity contribution < 1.29 is 0 Å². The SMILES string of the molecule is CCCN(Cc1ncc(Cl)s1)C1CCCNC1. The first-order valence-electron chi connectivity index (χ1n) is 6.34. The zero-order valence-electron chi connectivity index (χ0n) is 10.3. The zero-order chi connectivity index (χ0) is 12.1. The van der Waals surface area contributed by atoms with Crippen LogP contribution in [-0.4, -0.2) is 35.6 Å². The molecule has 0 radical (unpaired) electrons. The predicted molar refractivity (Wildman–Crippen MR) is 73.7 cm³/mol. The van der Waals surface area contributed by atoms with Crippen LogP contribution in [0.1, 0.15) is 31.2 Å². The number of halogens is 1. The van der Waals surface area contributed by atoms with Crippen molar-refractivity contribution in [1.82, 2.24) is 15.2 Å². The van der Waals surface area contributed by atoms with E-state index in [4.69, 9.17) is 11.6 Å². The highest BCUT2D eigenvalue weighted by molar-refractivity contribution is 7.15. The summed E-state index contributed by atoms with van der Waals surface area (Å²) in [6.45, 7) is 6.60. The Labute approximate surface area is 112 Å². The molecule has 1 aliphatic heterocycles. The van der Waals surface area contributed by atoms with E-state index < -0.39 is 0 Å². The fraction of sp³-hybridized carbons (Fsp3) is 0.750. The molecule has 96 valence electrons. The molecule has 0 bridgehead atoms. The van der Waals surface area contributed by atoms with Crippen molar-refractivity contribution in [1.29, 1.82) is 0 Å². The van der Waals surface area contributed by atoms with Crippen LogP contribution in [0.15, 0.2) is 6.20 Å². The maximum atomic E-state index is 5.93. The second-order valence-electron chi connectivity index (χ2n) is 4.53. The molecule has 1 fully saturated rings. The summed E-state index contributed by atoms with van der Waals surface area (Å²) in [4.78, 5) is 6.90. The standard InChI is InChI=1S/C12H20ClN3S/c1-2-6-16(10-4-3-5-14-7-10)9-12-15-8-11(13)17-12/h8,10,14H,2-7,9H2,1H3. The highest BCUT2D eigenvalue weighted by Crippen LogP contribution is 2.21. The number of rotatable bonds is 5. The number of thiazole rings is 1. The Hall–Kier alpha value is -0.160. The summed E-state index contributed by atoms with van der Waals surface area (Å²) in [6.07, 6.45) is 5.52. The maximum absolute atomic E-state index is 5.93. The molecule has 0 spiro atoms. The Morgan fingerprint density at radius 2 is 2.53 bits per heavy atom. The van der Waals surface area contributed by atoms with Gasteiger partial charge in [-0.15, -0.1) is 11.3 Å². The molecule has 1 atom stereocenters. The van der Waals surface area contributed by atoms with Gasteiger partial charge in [-0.05, 0) is 32.4 Å². The van der Waals surface area contributed by atoms with Crippen molar-refractivity contribution in [3.05, 3.63) is 15.5 Å². The molecule has 2 rings (SSSR count). The minimum absolute atomic E-state index is 0.659. The lowest BCUT2D eigenvalue weighted by molar-refractivity contribution is 0.158. The van der Waals surface area contributed by atoms with Gasteiger partial charge in [-0.3, -0.25) is 4.90 Å². The van der Waals surface area contributed by atoms with E-state index in [1.54, 1.807) is 17.5 Å². The first-order valence-corrected chi connectivity index (χ1v) is 7.54. The normalized spacial score (nSPS) is 21.0. The molecular weight excluding hydrogens is 254 g/mol. The minimum atomic E-state index is 0.659. The van der Waals surface area contributed by atoms with Crippen LogP contribution < -0.4 is 5.32 Å². The third-order valence-corrected chi connectivity index (χ3v) is 4.26. The van der Waals surface area contributed by atoms with E-state index in [-0.39, 0.29) is 0 Å². The van der Waals surface area contributed by atoms with Crippen molar-refractivity contribution in [3.63, 3.8) is 0 Å². The number of hydrogen-bond donors (Lipinski definition) is 1. The molecule has 2 heterocycles. The van der Waals surface area contributed by atoms with Gasteiger partial charge in [0, 0.05) is 12.6 Å². The Morgan fingerprint density at radius 3 is 3.12 bits per heavy atom. The summed E-state index contributed by atoms with van der Waals surface area (Å²) in [5.74, 6) is 0. The lowest BCUT2D eigenvalue weighted by Crippen LogP contribution is -2.45. The maximum Gasteiger partial charge on any atom is 0.113 e. The second-order valence-corrected chi connectivity index (χ2v) is 6.28. The Balaban J connectivity index is 1.95. The average molecular weight is 274 g/mol. The van der Waals surface area contributed by atoms with Crippen molar-refractivity contribution in [2.75, 3.05) is 19.6 Å². The number of piperidine rings is 1. The van der Waals surface area contributed by atoms with E-state index in [1.165, 1.54) is 25.8 Å². The van der Waals surface area contributed by atoms with Crippen molar-refractivity contribution in [2.45, 2.75) is 38.8 Å². The average Bonchev–Trinajstić information content (AvgIpc) is 2.75. The summed E-state index contributed by atoms with van der Waals surface area (Å²) in [5.41, 5.74) is 0. The minimum Gasteiger partial charge on any atom is -0.315 e. The van der Waals surface area contributed by atoms with Gasteiger partial charge < -0.3 is 5.32 Å². The Kier molecular flexibility index (Phi) is 5.22. The largest absolute Gasteiger partial charge is 0.315 e. The highest BCUT2D eigenvalue weighted by atomic mass is 35.5. The van der Waals surface area contributed by atoms with Crippen molar-refractivity contribution in [2.24, 2.45) is 0 Å². The topological polar surface area (TPSA) is 28.2 Å². The third-order valence-electron chi connectivity index (χ3n) is 3.16. The van der Waals surface area contributed by atoms with Crippen LogP contribution >= 0.6 is 22.9 Å². The van der Waals surface area contributed by atoms with Crippen LogP contribution in [0.5, 0.6) is 0 Å². The van der Waals surface area contributed by atoms with Crippen LogP contribution in [0.4, 0.5) is 0 Å². The van der Waals surface area contributed by atoms with Crippen LogP contribution in [0.25, 0.3) is 0 Å². The molecule has 1 N–H and O–H groups in total. The Bertz CT molecular complexity index is 336. The number of hydrogen-bond acceptors (Lipinski definition) is 4. The lowest BCUT2D eigenvalue weighted by Gasteiger charge is -2.33. The van der Waals surface area contributed by atoms with Gasteiger partial charge in [-0.2, -0.15) is 0 Å². The van der Waals surface area contributed by atoms with Gasteiger partial charge in [0.2, 0.25) is 0 Å². The summed E-state index contributed by atoms with van der Waals surface area (Å²) < 4.78 is 0.790. The third kappa shape index (κ3) is 3.91. The molecule has 0 saturated carbocycles. The van der Waals surface area contributed by atoms with E-state index in [2.05, 4.69) is 22.1 Å². The summed E-state index contributed by atoms with van der Waals surface area (Å²) in [5, 5.41) is 4.61. The molecule has 1 saturated heterocycles. The van der Waals surface area contributed by atoms with E-state index in [1.807, 2.05) is 0 Å². The molecular formula is C12H20ClN3S. The fourth-order valence-corrected chi connectivity index (χ4v) is 3.34. The molecule has 3 nitrogen and oxygen atoms in total. The van der Waals surface area contributed by atoms with Gasteiger partial charge in [0.15, 0.2) is 0 Å². The molecule has 1 aromatic heterocycles. The quantitative estimate of drug-likeness (QED) is 0.894. The molecule has 1 aromatic rings.